The molecule has 3 heteroatoms. The minimum absolute atomic E-state index is 0.526. The van der Waals surface area contributed by atoms with E-state index >= 15 is 0 Å². The maximum Gasteiger partial charge on any atom is 0.254 e. The Morgan fingerprint density at radius 3 is 2.43 bits per heavy atom. The highest BCUT2D eigenvalue weighted by Gasteiger charge is 2.59. The molecular weight excluding hydrogens is 206 g/mol. The molecule has 0 amide bonds. The molecule has 76 valence electrons. The van der Waals surface area contributed by atoms with Crippen LogP contribution in [0.1, 0.15) is 25.3 Å². The molecule has 0 spiro atoms. The predicted molar refractivity (Wildman–Crippen MR) is 53.0 cm³/mol. The third-order valence-corrected chi connectivity index (χ3v) is 3.20. The van der Waals surface area contributed by atoms with Crippen molar-refractivity contribution in [1.29, 1.82) is 0 Å². The van der Waals surface area contributed by atoms with E-state index in [-0.39, 0.29) is 0 Å². The van der Waals surface area contributed by atoms with Gasteiger partial charge < -0.3 is 0 Å². The van der Waals surface area contributed by atoms with E-state index in [1.54, 1.807) is 24.3 Å². The summed E-state index contributed by atoms with van der Waals surface area (Å²) in [6.45, 7) is 0.987. The molecule has 14 heavy (non-hydrogen) atoms. The Balaban J connectivity index is 2.41. The Labute approximate surface area is 86.9 Å². The lowest BCUT2D eigenvalue weighted by Gasteiger charge is -2.23. The maximum atomic E-state index is 13.3. The molecule has 2 rings (SSSR count). The van der Waals surface area contributed by atoms with Gasteiger partial charge in [-0.1, -0.05) is 23.7 Å². The first-order valence-corrected chi connectivity index (χ1v) is 4.97. The molecule has 0 aliphatic heterocycles. The number of hydrogen-bond donors (Lipinski definition) is 0. The number of hydrogen-bond acceptors (Lipinski definition) is 0. The van der Waals surface area contributed by atoms with Crippen LogP contribution in [0.3, 0.4) is 0 Å². The molecule has 1 aliphatic rings. The summed E-state index contributed by atoms with van der Waals surface area (Å²) in [5, 5.41) is 0.526. The highest BCUT2D eigenvalue weighted by molar-refractivity contribution is 6.30. The number of benzene rings is 1. The summed E-state index contributed by atoms with van der Waals surface area (Å²) in [6.07, 6.45) is 1.10. The van der Waals surface area contributed by atoms with Crippen molar-refractivity contribution in [3.05, 3.63) is 34.9 Å². The highest BCUT2D eigenvalue weighted by atomic mass is 35.5. The van der Waals surface area contributed by atoms with Crippen LogP contribution in [0.15, 0.2) is 24.3 Å². The Morgan fingerprint density at radius 1 is 1.36 bits per heavy atom. The molecule has 0 heterocycles. The number of rotatable bonds is 2. The van der Waals surface area contributed by atoms with Gasteiger partial charge in [-0.25, -0.2) is 8.78 Å². The van der Waals surface area contributed by atoms with Crippen LogP contribution >= 0.6 is 11.6 Å². The van der Waals surface area contributed by atoms with E-state index in [1.165, 1.54) is 0 Å². The van der Waals surface area contributed by atoms with Crippen molar-refractivity contribution in [2.75, 3.05) is 0 Å². The number of halogens is 3. The van der Waals surface area contributed by atoms with Crippen molar-refractivity contribution >= 4 is 11.6 Å². The SMILES string of the molecule is CC(F)(F)C1(c2cccc(Cl)c2)CC1. The van der Waals surface area contributed by atoms with Gasteiger partial charge in [-0.05, 0) is 30.5 Å². The lowest BCUT2D eigenvalue weighted by molar-refractivity contribution is -0.0199. The Hall–Kier alpha value is -0.630. The second kappa shape index (κ2) is 2.93. The van der Waals surface area contributed by atoms with E-state index in [0.717, 1.165) is 6.92 Å². The summed E-state index contributed by atoms with van der Waals surface area (Å²) in [5.41, 5.74) is -0.282. The monoisotopic (exact) mass is 216 g/mol. The van der Waals surface area contributed by atoms with Crippen molar-refractivity contribution < 1.29 is 8.78 Å². The molecule has 0 unspecified atom stereocenters. The van der Waals surface area contributed by atoms with Gasteiger partial charge in [-0.3, -0.25) is 0 Å². The van der Waals surface area contributed by atoms with E-state index in [4.69, 9.17) is 11.6 Å². The predicted octanol–water partition coefficient (Wildman–Crippen LogP) is 4.03. The minimum atomic E-state index is -2.66. The average molecular weight is 217 g/mol. The Bertz CT molecular complexity index is 351. The fraction of sp³-hybridized carbons (Fsp3) is 0.455. The van der Waals surface area contributed by atoms with Crippen LogP contribution in [0.25, 0.3) is 0 Å². The van der Waals surface area contributed by atoms with Crippen molar-refractivity contribution in [2.24, 2.45) is 0 Å². The first kappa shape index (κ1) is 9.91. The zero-order valence-corrected chi connectivity index (χ0v) is 8.61. The van der Waals surface area contributed by atoms with Crippen molar-refractivity contribution in [3.8, 4) is 0 Å². The molecule has 1 aromatic carbocycles. The molecule has 0 saturated heterocycles. The fourth-order valence-electron chi connectivity index (χ4n) is 1.89. The van der Waals surface area contributed by atoms with Crippen LogP contribution in [-0.2, 0) is 5.41 Å². The van der Waals surface area contributed by atoms with Gasteiger partial charge in [0.2, 0.25) is 0 Å². The minimum Gasteiger partial charge on any atom is -0.206 e. The third-order valence-electron chi connectivity index (χ3n) is 2.97. The zero-order chi connectivity index (χ0) is 10.4. The largest absolute Gasteiger partial charge is 0.254 e. The van der Waals surface area contributed by atoms with Crippen LogP contribution in [0, 0.1) is 0 Å². The van der Waals surface area contributed by atoms with Gasteiger partial charge in [-0.2, -0.15) is 0 Å². The van der Waals surface area contributed by atoms with E-state index < -0.39 is 11.3 Å². The zero-order valence-electron chi connectivity index (χ0n) is 7.86. The molecular formula is C11H11ClF2. The first-order valence-electron chi connectivity index (χ1n) is 4.60. The third kappa shape index (κ3) is 1.42. The molecule has 1 fully saturated rings. The summed E-state index contributed by atoms with van der Waals surface area (Å²) in [4.78, 5) is 0. The summed E-state index contributed by atoms with van der Waals surface area (Å²) in [5.74, 6) is -2.66. The van der Waals surface area contributed by atoms with E-state index in [2.05, 4.69) is 0 Å². The molecule has 0 atom stereocenters. The van der Waals surface area contributed by atoms with Gasteiger partial charge in [-0.15, -0.1) is 0 Å². The smallest absolute Gasteiger partial charge is 0.206 e. The van der Waals surface area contributed by atoms with Gasteiger partial charge in [0.25, 0.3) is 5.92 Å². The highest BCUT2D eigenvalue weighted by Crippen LogP contribution is 2.58. The van der Waals surface area contributed by atoms with Gasteiger partial charge in [0.05, 0.1) is 5.41 Å². The van der Waals surface area contributed by atoms with Crippen LogP contribution in [0.2, 0.25) is 5.02 Å². The summed E-state index contributed by atoms with van der Waals surface area (Å²) >= 11 is 5.78. The molecule has 1 aliphatic carbocycles. The molecule has 1 aromatic rings. The van der Waals surface area contributed by atoms with Crippen LogP contribution < -0.4 is 0 Å². The standard InChI is InChI=1S/C11H11ClF2/c1-10(13,14)11(5-6-11)8-3-2-4-9(12)7-8/h2-4,7H,5-6H2,1H3. The van der Waals surface area contributed by atoms with E-state index in [1.807, 2.05) is 0 Å². The fourth-order valence-corrected chi connectivity index (χ4v) is 2.08. The topological polar surface area (TPSA) is 0 Å². The Morgan fingerprint density at radius 2 is 2.00 bits per heavy atom. The van der Waals surface area contributed by atoms with Crippen molar-refractivity contribution in [1.82, 2.24) is 0 Å². The molecule has 0 bridgehead atoms. The quantitative estimate of drug-likeness (QED) is 0.700. The van der Waals surface area contributed by atoms with Crippen LogP contribution in [-0.4, -0.2) is 5.92 Å². The number of alkyl halides is 2. The maximum absolute atomic E-state index is 13.3. The summed E-state index contributed by atoms with van der Waals surface area (Å²) < 4.78 is 26.7. The second-order valence-electron chi connectivity index (χ2n) is 3.98. The Kier molecular flexibility index (Phi) is 2.07. The molecule has 0 nitrogen and oxygen atoms in total. The van der Waals surface area contributed by atoms with Crippen molar-refractivity contribution in [2.45, 2.75) is 31.1 Å². The first-order chi connectivity index (χ1) is 6.46. The molecule has 0 radical (unpaired) electrons. The molecule has 1 saturated carbocycles. The van der Waals surface area contributed by atoms with Crippen molar-refractivity contribution in [3.63, 3.8) is 0 Å². The van der Waals surface area contributed by atoms with Gasteiger partial charge >= 0.3 is 0 Å². The lowest BCUT2D eigenvalue weighted by atomic mass is 9.90. The van der Waals surface area contributed by atoms with E-state index in [9.17, 15) is 8.78 Å². The normalized spacial score (nSPS) is 19.4. The van der Waals surface area contributed by atoms with Gasteiger partial charge in [0.15, 0.2) is 0 Å². The molecule has 0 N–H and O–H groups in total. The summed E-state index contributed by atoms with van der Waals surface area (Å²) in [6, 6.07) is 6.81. The van der Waals surface area contributed by atoms with Crippen LogP contribution in [0.4, 0.5) is 8.78 Å². The van der Waals surface area contributed by atoms with E-state index in [0.29, 0.717) is 23.4 Å². The average Bonchev–Trinajstić information content (AvgIpc) is 2.82. The summed E-state index contributed by atoms with van der Waals surface area (Å²) in [7, 11) is 0. The lowest BCUT2D eigenvalue weighted by Crippen LogP contribution is -2.29. The van der Waals surface area contributed by atoms with Gasteiger partial charge in [0, 0.05) is 11.9 Å². The van der Waals surface area contributed by atoms with Crippen LogP contribution in [0.5, 0.6) is 0 Å². The second-order valence-corrected chi connectivity index (χ2v) is 4.42. The van der Waals surface area contributed by atoms with Gasteiger partial charge in [0.1, 0.15) is 0 Å². The molecule has 0 aromatic heterocycles.